The summed E-state index contributed by atoms with van der Waals surface area (Å²) in [5.41, 5.74) is 0.396. The predicted molar refractivity (Wildman–Crippen MR) is 154 cm³/mol. The van der Waals surface area contributed by atoms with Crippen LogP contribution in [0.1, 0.15) is 82.2 Å². The Labute approximate surface area is 234 Å². The Morgan fingerprint density at radius 2 is 1.68 bits per heavy atom. The molecule has 8 heteroatoms. The normalized spacial score (nSPS) is 17.3. The molecule has 2 saturated carbocycles. The van der Waals surface area contributed by atoms with Gasteiger partial charge in [0.05, 0.1) is 18.1 Å². The van der Waals surface area contributed by atoms with E-state index in [2.05, 4.69) is 5.32 Å². The molecule has 2 N–H and O–H groups in total. The zero-order chi connectivity index (χ0) is 28.1. The third kappa shape index (κ3) is 6.16. The average molecular weight is 547 g/mol. The number of anilines is 1. The summed E-state index contributed by atoms with van der Waals surface area (Å²) in [4.78, 5) is 43.6. The SMILES string of the molecule is COc1ccc(N(C(=O)CC2CCCCC2)[C@@H](C(=O)NC2CCCCC2)c2coc3ccc(O)cc3c2=O)cc1. The van der Waals surface area contributed by atoms with Crippen molar-refractivity contribution in [2.45, 2.75) is 82.7 Å². The molecular weight excluding hydrogens is 508 g/mol. The fourth-order valence-corrected chi connectivity index (χ4v) is 6.16. The number of ether oxygens (including phenoxy) is 1. The first-order valence-corrected chi connectivity index (χ1v) is 14.5. The first kappa shape index (κ1) is 27.7. The first-order valence-electron chi connectivity index (χ1n) is 14.5. The van der Waals surface area contributed by atoms with Crippen LogP contribution in [0.15, 0.2) is 57.9 Å². The minimum absolute atomic E-state index is 0.0218. The van der Waals surface area contributed by atoms with Crippen LogP contribution in [0.2, 0.25) is 0 Å². The lowest BCUT2D eigenvalue weighted by Crippen LogP contribution is -2.49. The van der Waals surface area contributed by atoms with Crippen LogP contribution in [0.4, 0.5) is 5.69 Å². The molecule has 0 aliphatic heterocycles. The van der Waals surface area contributed by atoms with Gasteiger partial charge in [-0.25, -0.2) is 0 Å². The van der Waals surface area contributed by atoms with Gasteiger partial charge in [0.2, 0.25) is 11.8 Å². The summed E-state index contributed by atoms with van der Waals surface area (Å²) in [6.45, 7) is 0. The van der Waals surface area contributed by atoms with Crippen LogP contribution < -0.4 is 20.4 Å². The van der Waals surface area contributed by atoms with Gasteiger partial charge in [-0.3, -0.25) is 19.3 Å². The second-order valence-electron chi connectivity index (χ2n) is 11.1. The molecule has 1 atom stereocenters. The van der Waals surface area contributed by atoms with Crippen LogP contribution >= 0.6 is 0 Å². The van der Waals surface area contributed by atoms with E-state index < -0.39 is 17.4 Å². The number of nitrogens with one attached hydrogen (secondary N) is 1. The van der Waals surface area contributed by atoms with Crippen molar-refractivity contribution in [3.05, 3.63) is 64.5 Å². The van der Waals surface area contributed by atoms with Gasteiger partial charge in [-0.15, -0.1) is 0 Å². The molecule has 2 aliphatic carbocycles. The second-order valence-corrected chi connectivity index (χ2v) is 11.1. The fraction of sp³-hybridized carbons (Fsp3) is 0.469. The highest BCUT2D eigenvalue weighted by Crippen LogP contribution is 2.34. The number of nitrogens with zero attached hydrogens (tertiary/aromatic N) is 1. The van der Waals surface area contributed by atoms with Gasteiger partial charge in [0.1, 0.15) is 29.4 Å². The van der Waals surface area contributed by atoms with Crippen LogP contribution in [-0.2, 0) is 9.59 Å². The maximum Gasteiger partial charge on any atom is 0.248 e. The number of amides is 2. The molecule has 2 amide bonds. The lowest BCUT2D eigenvalue weighted by atomic mass is 9.86. The molecule has 3 aromatic rings. The molecule has 0 saturated heterocycles. The van der Waals surface area contributed by atoms with Gasteiger partial charge in [0.25, 0.3) is 0 Å². The van der Waals surface area contributed by atoms with Crippen LogP contribution in [-0.4, -0.2) is 30.1 Å². The molecule has 2 aromatic carbocycles. The minimum Gasteiger partial charge on any atom is -0.508 e. The van der Waals surface area contributed by atoms with E-state index in [-0.39, 0.29) is 34.6 Å². The number of methoxy groups -OCH3 is 1. The van der Waals surface area contributed by atoms with E-state index >= 15 is 0 Å². The van der Waals surface area contributed by atoms with Gasteiger partial charge in [-0.05, 0) is 74.1 Å². The van der Waals surface area contributed by atoms with Gasteiger partial charge in [-0.1, -0.05) is 38.5 Å². The van der Waals surface area contributed by atoms with Crippen molar-refractivity contribution in [1.29, 1.82) is 0 Å². The highest BCUT2D eigenvalue weighted by atomic mass is 16.5. The van der Waals surface area contributed by atoms with E-state index in [1.165, 1.54) is 35.8 Å². The van der Waals surface area contributed by atoms with Crippen molar-refractivity contribution in [1.82, 2.24) is 5.32 Å². The minimum atomic E-state index is -1.24. The van der Waals surface area contributed by atoms with Gasteiger partial charge in [-0.2, -0.15) is 0 Å². The molecule has 1 aromatic heterocycles. The summed E-state index contributed by atoms with van der Waals surface area (Å²) in [7, 11) is 1.57. The van der Waals surface area contributed by atoms with Crippen LogP contribution in [0, 0.1) is 5.92 Å². The lowest BCUT2D eigenvalue weighted by Gasteiger charge is -2.34. The smallest absolute Gasteiger partial charge is 0.248 e. The topological polar surface area (TPSA) is 109 Å². The van der Waals surface area contributed by atoms with Crippen molar-refractivity contribution in [2.24, 2.45) is 5.92 Å². The Bertz CT molecular complexity index is 1390. The fourth-order valence-electron chi connectivity index (χ4n) is 6.16. The van der Waals surface area contributed by atoms with E-state index in [0.29, 0.717) is 23.4 Å². The molecule has 5 rings (SSSR count). The van der Waals surface area contributed by atoms with Crippen LogP contribution in [0.3, 0.4) is 0 Å². The Morgan fingerprint density at radius 1 is 1.00 bits per heavy atom. The third-order valence-corrected chi connectivity index (χ3v) is 8.34. The Hall–Kier alpha value is -3.81. The first-order chi connectivity index (χ1) is 19.4. The number of carbonyl (C=O) groups is 2. The van der Waals surface area contributed by atoms with E-state index in [1.807, 2.05) is 0 Å². The molecule has 8 nitrogen and oxygen atoms in total. The molecule has 0 spiro atoms. The number of phenolic OH excluding ortho intramolecular Hbond substituents is 1. The molecule has 0 radical (unpaired) electrons. The highest BCUT2D eigenvalue weighted by molar-refractivity contribution is 6.01. The number of aromatic hydroxyl groups is 1. The number of fused-ring (bicyclic) bond motifs is 1. The number of hydrogen-bond donors (Lipinski definition) is 2. The van der Waals surface area contributed by atoms with Crippen LogP contribution in [0.25, 0.3) is 11.0 Å². The predicted octanol–water partition coefficient (Wildman–Crippen LogP) is 6.00. The summed E-state index contributed by atoms with van der Waals surface area (Å²) in [6, 6.07) is 10.0. The molecule has 0 unspecified atom stereocenters. The maximum atomic E-state index is 14.1. The average Bonchev–Trinajstić information content (AvgIpc) is 2.98. The monoisotopic (exact) mass is 546 g/mol. The Balaban J connectivity index is 1.61. The second kappa shape index (κ2) is 12.6. The lowest BCUT2D eigenvalue weighted by molar-refractivity contribution is -0.127. The van der Waals surface area contributed by atoms with Gasteiger partial charge in [0, 0.05) is 18.2 Å². The van der Waals surface area contributed by atoms with Gasteiger partial charge in [0.15, 0.2) is 5.43 Å². The molecule has 212 valence electrons. The zero-order valence-electron chi connectivity index (χ0n) is 23.1. The quantitative estimate of drug-likeness (QED) is 0.359. The van der Waals surface area contributed by atoms with Crippen molar-refractivity contribution in [2.75, 3.05) is 12.0 Å². The summed E-state index contributed by atoms with van der Waals surface area (Å²) in [5.74, 6) is 0.143. The maximum absolute atomic E-state index is 14.1. The van der Waals surface area contributed by atoms with E-state index in [0.717, 1.165) is 57.8 Å². The molecule has 2 fully saturated rings. The number of benzene rings is 2. The molecule has 2 aliphatic rings. The van der Waals surface area contributed by atoms with Crippen LogP contribution in [0.5, 0.6) is 11.5 Å². The number of hydrogen-bond acceptors (Lipinski definition) is 6. The molecule has 1 heterocycles. The largest absolute Gasteiger partial charge is 0.508 e. The van der Waals surface area contributed by atoms with E-state index in [9.17, 15) is 19.5 Å². The van der Waals surface area contributed by atoms with E-state index in [1.54, 1.807) is 31.4 Å². The van der Waals surface area contributed by atoms with Gasteiger partial charge >= 0.3 is 0 Å². The Morgan fingerprint density at radius 3 is 2.35 bits per heavy atom. The van der Waals surface area contributed by atoms with Crippen molar-refractivity contribution >= 4 is 28.5 Å². The third-order valence-electron chi connectivity index (χ3n) is 8.34. The van der Waals surface area contributed by atoms with Crippen molar-refractivity contribution in [3.8, 4) is 11.5 Å². The summed E-state index contributed by atoms with van der Waals surface area (Å²) in [6.07, 6.45) is 11.8. The van der Waals surface area contributed by atoms with Gasteiger partial charge < -0.3 is 19.6 Å². The number of rotatable bonds is 8. The van der Waals surface area contributed by atoms with E-state index in [4.69, 9.17) is 9.15 Å². The zero-order valence-corrected chi connectivity index (χ0v) is 23.1. The summed E-state index contributed by atoms with van der Waals surface area (Å²) >= 11 is 0. The summed E-state index contributed by atoms with van der Waals surface area (Å²) in [5, 5.41) is 13.4. The molecular formula is C32H38N2O6. The van der Waals surface area contributed by atoms with Crippen molar-refractivity contribution < 1.29 is 23.8 Å². The molecule has 0 bridgehead atoms. The highest BCUT2D eigenvalue weighted by Gasteiger charge is 2.37. The number of phenols is 1. The Kier molecular flexibility index (Phi) is 8.72. The standard InChI is InChI=1S/C32H38N2O6/c1-39-25-15-12-23(13-16-25)34(29(36)18-21-8-4-2-5-9-21)30(32(38)33-22-10-6-3-7-11-22)27-20-40-28-17-14-24(35)19-26(28)31(27)37/h12-17,19-22,30,35H,2-11,18H2,1H3,(H,33,38)/t30-/m1/s1. The summed E-state index contributed by atoms with van der Waals surface area (Å²) < 4.78 is 11.1. The number of carbonyl (C=O) groups excluding carboxylic acids is 2. The molecule has 40 heavy (non-hydrogen) atoms. The van der Waals surface area contributed by atoms with Crippen molar-refractivity contribution in [3.63, 3.8) is 0 Å².